The van der Waals surface area contributed by atoms with E-state index in [0.717, 1.165) is 12.0 Å². The number of ether oxygens (including phenoxy) is 1. The summed E-state index contributed by atoms with van der Waals surface area (Å²) in [5, 5.41) is 0. The molecule has 1 heterocycles. The largest absolute Gasteiger partial charge is 0.474 e. The molecule has 2 aromatic carbocycles. The first-order chi connectivity index (χ1) is 12.5. The Morgan fingerprint density at radius 2 is 1.88 bits per heavy atom. The van der Waals surface area contributed by atoms with E-state index in [1.54, 1.807) is 17.0 Å². The van der Waals surface area contributed by atoms with Crippen molar-refractivity contribution in [3.05, 3.63) is 59.7 Å². The van der Waals surface area contributed by atoms with Gasteiger partial charge in [-0.25, -0.2) is 0 Å². The quantitative estimate of drug-likeness (QED) is 0.703. The van der Waals surface area contributed by atoms with Crippen LogP contribution in [-0.4, -0.2) is 18.2 Å². The van der Waals surface area contributed by atoms with Gasteiger partial charge in [0.25, 0.3) is 5.91 Å². The molecule has 2 aromatic rings. The van der Waals surface area contributed by atoms with E-state index in [1.165, 1.54) is 0 Å². The van der Waals surface area contributed by atoms with Crippen molar-refractivity contribution >= 4 is 17.4 Å². The lowest BCUT2D eigenvalue weighted by atomic mass is 10.0. The number of amides is 1. The van der Waals surface area contributed by atoms with Crippen LogP contribution in [0.25, 0.3) is 0 Å². The average Bonchev–Trinajstić information content (AvgIpc) is 2.64. The van der Waals surface area contributed by atoms with E-state index >= 15 is 0 Å². The Kier molecular flexibility index (Phi) is 5.40. The molecule has 0 saturated carbocycles. The molecule has 1 atom stereocenters. The molecule has 1 unspecified atom stereocenters. The lowest BCUT2D eigenvalue weighted by molar-refractivity contribution is -0.126. The van der Waals surface area contributed by atoms with Gasteiger partial charge in [0, 0.05) is 24.1 Å². The Morgan fingerprint density at radius 3 is 2.54 bits per heavy atom. The maximum absolute atomic E-state index is 13.1. The van der Waals surface area contributed by atoms with Crippen LogP contribution >= 0.6 is 0 Å². The summed E-state index contributed by atoms with van der Waals surface area (Å²) in [6.45, 7) is 6.72. The van der Waals surface area contributed by atoms with Gasteiger partial charge >= 0.3 is 0 Å². The molecular weight excluding hydrogens is 326 g/mol. The second-order valence-corrected chi connectivity index (χ2v) is 7.11. The van der Waals surface area contributed by atoms with Crippen LogP contribution in [0.15, 0.2) is 48.5 Å². The molecule has 136 valence electrons. The maximum atomic E-state index is 13.1. The molecule has 0 bridgehead atoms. The summed E-state index contributed by atoms with van der Waals surface area (Å²) in [6, 6.07) is 14.9. The van der Waals surface area contributed by atoms with E-state index in [1.807, 2.05) is 43.3 Å². The standard InChI is InChI=1S/C22H25NO3/c1-4-8-19(24)17-11-12-20-18(13-17)23(14-15(2)3)22(25)21(26-20)16-9-6-5-7-10-16/h5-7,9-13,15,21H,4,8,14H2,1-3H3. The first-order valence-corrected chi connectivity index (χ1v) is 9.21. The average molecular weight is 351 g/mol. The molecule has 1 aliphatic rings. The number of rotatable bonds is 6. The lowest BCUT2D eigenvalue weighted by Crippen LogP contribution is -2.43. The first-order valence-electron chi connectivity index (χ1n) is 9.21. The normalized spacial score (nSPS) is 16.4. The summed E-state index contributed by atoms with van der Waals surface area (Å²) in [4.78, 5) is 27.2. The minimum Gasteiger partial charge on any atom is -0.474 e. The SMILES string of the molecule is CCCC(=O)c1ccc2c(c1)N(CC(C)C)C(=O)C(c1ccccc1)O2. The van der Waals surface area contributed by atoms with Crippen LogP contribution in [0.3, 0.4) is 0 Å². The third-order valence-electron chi connectivity index (χ3n) is 4.43. The number of fused-ring (bicyclic) bond motifs is 1. The molecule has 1 aliphatic heterocycles. The van der Waals surface area contributed by atoms with Gasteiger partial charge in [-0.3, -0.25) is 9.59 Å². The molecule has 4 nitrogen and oxygen atoms in total. The van der Waals surface area contributed by atoms with Crippen LogP contribution in [0.5, 0.6) is 5.75 Å². The molecular formula is C22H25NO3. The van der Waals surface area contributed by atoms with E-state index < -0.39 is 6.10 Å². The highest BCUT2D eigenvalue weighted by Crippen LogP contribution is 2.40. The Morgan fingerprint density at radius 1 is 1.15 bits per heavy atom. The molecule has 26 heavy (non-hydrogen) atoms. The fraction of sp³-hybridized carbons (Fsp3) is 0.364. The van der Waals surface area contributed by atoms with Gasteiger partial charge in [-0.1, -0.05) is 51.1 Å². The number of anilines is 1. The second-order valence-electron chi connectivity index (χ2n) is 7.11. The predicted molar refractivity (Wildman–Crippen MR) is 103 cm³/mol. The summed E-state index contributed by atoms with van der Waals surface area (Å²) in [5.41, 5.74) is 2.16. The van der Waals surface area contributed by atoms with E-state index in [-0.39, 0.29) is 11.7 Å². The highest BCUT2D eigenvalue weighted by Gasteiger charge is 2.36. The van der Waals surface area contributed by atoms with Crippen molar-refractivity contribution in [2.45, 2.75) is 39.7 Å². The number of hydrogen-bond donors (Lipinski definition) is 0. The van der Waals surface area contributed by atoms with Crippen LogP contribution in [0.4, 0.5) is 5.69 Å². The van der Waals surface area contributed by atoms with Gasteiger partial charge in [0.05, 0.1) is 5.69 Å². The topological polar surface area (TPSA) is 46.6 Å². The van der Waals surface area contributed by atoms with Crippen molar-refractivity contribution in [3.8, 4) is 5.75 Å². The smallest absolute Gasteiger partial charge is 0.272 e. The fourth-order valence-electron chi connectivity index (χ4n) is 3.20. The first kappa shape index (κ1) is 18.2. The zero-order chi connectivity index (χ0) is 18.7. The van der Waals surface area contributed by atoms with Crippen LogP contribution in [0.2, 0.25) is 0 Å². The Balaban J connectivity index is 2.02. The monoisotopic (exact) mass is 351 g/mol. The zero-order valence-electron chi connectivity index (χ0n) is 15.6. The van der Waals surface area contributed by atoms with Crippen molar-refractivity contribution in [2.75, 3.05) is 11.4 Å². The number of carbonyl (C=O) groups is 2. The van der Waals surface area contributed by atoms with Crippen molar-refractivity contribution in [3.63, 3.8) is 0 Å². The molecule has 0 aromatic heterocycles. The van der Waals surface area contributed by atoms with Crippen molar-refractivity contribution < 1.29 is 14.3 Å². The number of Topliss-reactive ketones (excluding diaryl/α,β-unsaturated/α-hetero) is 1. The number of nitrogens with zero attached hydrogens (tertiary/aromatic N) is 1. The molecule has 3 rings (SSSR count). The van der Waals surface area contributed by atoms with Gasteiger partial charge in [-0.2, -0.15) is 0 Å². The van der Waals surface area contributed by atoms with E-state index in [4.69, 9.17) is 4.74 Å². The van der Waals surface area contributed by atoms with Gasteiger partial charge in [-0.05, 0) is 30.5 Å². The minimum absolute atomic E-state index is 0.0857. The van der Waals surface area contributed by atoms with Crippen molar-refractivity contribution in [2.24, 2.45) is 5.92 Å². The minimum atomic E-state index is -0.653. The lowest BCUT2D eigenvalue weighted by Gasteiger charge is -2.35. The Bertz CT molecular complexity index is 798. The van der Waals surface area contributed by atoms with Crippen LogP contribution in [0.1, 0.15) is 55.6 Å². The number of hydrogen-bond acceptors (Lipinski definition) is 3. The van der Waals surface area contributed by atoms with Gasteiger partial charge in [-0.15, -0.1) is 0 Å². The van der Waals surface area contributed by atoms with Gasteiger partial charge in [0.2, 0.25) is 6.10 Å². The second kappa shape index (κ2) is 7.73. The molecule has 0 saturated heterocycles. The molecule has 1 amide bonds. The zero-order valence-corrected chi connectivity index (χ0v) is 15.6. The fourth-order valence-corrected chi connectivity index (χ4v) is 3.20. The van der Waals surface area contributed by atoms with Gasteiger partial charge < -0.3 is 9.64 Å². The van der Waals surface area contributed by atoms with Crippen LogP contribution in [-0.2, 0) is 4.79 Å². The van der Waals surface area contributed by atoms with Gasteiger partial charge in [0.15, 0.2) is 5.78 Å². The van der Waals surface area contributed by atoms with E-state index in [0.29, 0.717) is 35.9 Å². The molecule has 4 heteroatoms. The van der Waals surface area contributed by atoms with Crippen LogP contribution < -0.4 is 9.64 Å². The summed E-state index contributed by atoms with van der Waals surface area (Å²) in [5.74, 6) is 0.957. The summed E-state index contributed by atoms with van der Waals surface area (Å²) in [6.07, 6.45) is 0.654. The van der Waals surface area contributed by atoms with Crippen molar-refractivity contribution in [1.82, 2.24) is 0 Å². The molecule has 0 aliphatic carbocycles. The number of benzene rings is 2. The summed E-state index contributed by atoms with van der Waals surface area (Å²) in [7, 11) is 0. The Hall–Kier alpha value is -2.62. The molecule has 0 fully saturated rings. The van der Waals surface area contributed by atoms with E-state index in [9.17, 15) is 9.59 Å². The maximum Gasteiger partial charge on any atom is 0.272 e. The number of carbonyl (C=O) groups excluding carboxylic acids is 2. The highest BCUT2D eigenvalue weighted by atomic mass is 16.5. The predicted octanol–water partition coefficient (Wildman–Crippen LogP) is 4.79. The van der Waals surface area contributed by atoms with Gasteiger partial charge in [0.1, 0.15) is 5.75 Å². The molecule has 0 radical (unpaired) electrons. The third kappa shape index (κ3) is 3.64. The Labute approximate surface area is 154 Å². The highest BCUT2D eigenvalue weighted by molar-refractivity contribution is 6.03. The number of ketones is 1. The van der Waals surface area contributed by atoms with Crippen molar-refractivity contribution in [1.29, 1.82) is 0 Å². The summed E-state index contributed by atoms with van der Waals surface area (Å²) < 4.78 is 6.03. The van der Waals surface area contributed by atoms with E-state index in [2.05, 4.69) is 13.8 Å². The molecule has 0 N–H and O–H groups in total. The third-order valence-corrected chi connectivity index (χ3v) is 4.43. The van der Waals surface area contributed by atoms with Crippen LogP contribution in [0, 0.1) is 5.92 Å². The molecule has 0 spiro atoms. The summed E-state index contributed by atoms with van der Waals surface area (Å²) >= 11 is 0.